The molecule has 156 valence electrons. The summed E-state index contributed by atoms with van der Waals surface area (Å²) in [5, 5.41) is 4.25. The third-order valence-corrected chi connectivity index (χ3v) is 6.60. The number of nitrogens with one attached hydrogen (secondary N) is 2. The molecule has 4 heterocycles. The Hall–Kier alpha value is -3.16. The largest absolute Gasteiger partial charge is 0.495 e. The number of aromatic nitrogens is 4. The lowest BCUT2D eigenvalue weighted by Crippen LogP contribution is -2.48. The van der Waals surface area contributed by atoms with Crippen LogP contribution in [0.1, 0.15) is 37.8 Å². The SMILES string of the molecule is COc1cncc([C@@H](C)NC(=O)C2CCN(c3ncnc4[nH]ccc34)CC23CC3)c1. The summed E-state index contributed by atoms with van der Waals surface area (Å²) in [6, 6.07) is 3.83. The summed E-state index contributed by atoms with van der Waals surface area (Å²) in [4.78, 5) is 31.7. The van der Waals surface area contributed by atoms with Crippen LogP contribution >= 0.6 is 0 Å². The second kappa shape index (κ2) is 7.27. The number of carbonyl (C=O) groups is 1. The minimum atomic E-state index is -0.115. The number of anilines is 1. The number of aromatic amines is 1. The molecule has 1 saturated heterocycles. The molecule has 1 aliphatic carbocycles. The van der Waals surface area contributed by atoms with Gasteiger partial charge < -0.3 is 19.9 Å². The monoisotopic (exact) mass is 406 g/mol. The average molecular weight is 406 g/mol. The van der Waals surface area contributed by atoms with Crippen molar-refractivity contribution in [2.75, 3.05) is 25.1 Å². The average Bonchev–Trinajstić information content (AvgIpc) is 3.34. The first-order valence-corrected chi connectivity index (χ1v) is 10.4. The molecule has 8 nitrogen and oxygen atoms in total. The van der Waals surface area contributed by atoms with Gasteiger partial charge in [-0.3, -0.25) is 9.78 Å². The number of hydrogen-bond acceptors (Lipinski definition) is 6. The van der Waals surface area contributed by atoms with Crippen molar-refractivity contribution in [3.63, 3.8) is 0 Å². The highest BCUT2D eigenvalue weighted by molar-refractivity contribution is 5.88. The number of ether oxygens (including phenoxy) is 1. The van der Waals surface area contributed by atoms with Crippen LogP contribution in [-0.4, -0.2) is 46.0 Å². The molecule has 2 atom stereocenters. The molecule has 2 fully saturated rings. The van der Waals surface area contributed by atoms with Gasteiger partial charge in [0.05, 0.1) is 24.7 Å². The van der Waals surface area contributed by atoms with E-state index in [0.717, 1.165) is 54.8 Å². The Balaban J connectivity index is 1.30. The molecule has 2 N–H and O–H groups in total. The highest BCUT2D eigenvalue weighted by Gasteiger charge is 2.55. The molecular formula is C22H26N6O2. The van der Waals surface area contributed by atoms with Crippen molar-refractivity contribution in [3.05, 3.63) is 42.6 Å². The van der Waals surface area contributed by atoms with Crippen LogP contribution in [0.5, 0.6) is 5.75 Å². The van der Waals surface area contributed by atoms with Gasteiger partial charge in [0.2, 0.25) is 5.91 Å². The molecule has 1 unspecified atom stereocenters. The van der Waals surface area contributed by atoms with Crippen molar-refractivity contribution in [3.8, 4) is 5.75 Å². The van der Waals surface area contributed by atoms with E-state index in [9.17, 15) is 4.79 Å². The highest BCUT2D eigenvalue weighted by Crippen LogP contribution is 2.56. The highest BCUT2D eigenvalue weighted by atomic mass is 16.5. The molecule has 0 aromatic carbocycles. The summed E-state index contributed by atoms with van der Waals surface area (Å²) < 4.78 is 5.25. The lowest BCUT2D eigenvalue weighted by atomic mass is 9.81. The predicted octanol–water partition coefficient (Wildman–Crippen LogP) is 2.85. The Morgan fingerprint density at radius 3 is 3.03 bits per heavy atom. The zero-order valence-electron chi connectivity index (χ0n) is 17.3. The van der Waals surface area contributed by atoms with E-state index in [1.807, 2.05) is 25.3 Å². The van der Waals surface area contributed by atoms with Gasteiger partial charge in [-0.25, -0.2) is 9.97 Å². The first-order chi connectivity index (χ1) is 14.6. The Bertz CT molecular complexity index is 1080. The first-order valence-electron chi connectivity index (χ1n) is 10.4. The summed E-state index contributed by atoms with van der Waals surface area (Å²) in [6.45, 7) is 3.66. The van der Waals surface area contributed by atoms with E-state index in [1.54, 1.807) is 25.8 Å². The van der Waals surface area contributed by atoms with Crippen LogP contribution in [-0.2, 0) is 4.79 Å². The van der Waals surface area contributed by atoms with Gasteiger partial charge in [-0.1, -0.05) is 0 Å². The molecule has 5 rings (SSSR count). The fourth-order valence-corrected chi connectivity index (χ4v) is 4.71. The number of methoxy groups -OCH3 is 1. The molecule has 3 aromatic rings. The van der Waals surface area contributed by atoms with Crippen LogP contribution in [0.4, 0.5) is 5.82 Å². The Morgan fingerprint density at radius 1 is 1.37 bits per heavy atom. The van der Waals surface area contributed by atoms with Gasteiger partial charge in [-0.15, -0.1) is 0 Å². The number of nitrogens with zero attached hydrogens (tertiary/aromatic N) is 4. The van der Waals surface area contributed by atoms with Crippen LogP contribution in [0.15, 0.2) is 37.1 Å². The quantitative estimate of drug-likeness (QED) is 0.676. The molecular weight excluding hydrogens is 380 g/mol. The number of fused-ring (bicyclic) bond motifs is 1. The van der Waals surface area contributed by atoms with Crippen molar-refractivity contribution in [1.82, 2.24) is 25.3 Å². The second-order valence-electron chi connectivity index (χ2n) is 8.45. The van der Waals surface area contributed by atoms with Crippen LogP contribution in [0.25, 0.3) is 11.0 Å². The number of pyridine rings is 1. The molecule has 1 amide bonds. The molecule has 2 aliphatic rings. The maximum absolute atomic E-state index is 13.2. The Kier molecular flexibility index (Phi) is 4.56. The van der Waals surface area contributed by atoms with E-state index in [-0.39, 0.29) is 23.3 Å². The zero-order chi connectivity index (χ0) is 20.7. The van der Waals surface area contributed by atoms with E-state index in [0.29, 0.717) is 5.75 Å². The Labute approximate surface area is 175 Å². The molecule has 0 bridgehead atoms. The van der Waals surface area contributed by atoms with Gasteiger partial charge in [0.1, 0.15) is 23.5 Å². The molecule has 30 heavy (non-hydrogen) atoms. The number of amides is 1. The molecule has 8 heteroatoms. The van der Waals surface area contributed by atoms with Gasteiger partial charge in [-0.2, -0.15) is 0 Å². The summed E-state index contributed by atoms with van der Waals surface area (Å²) in [6.07, 6.45) is 9.93. The zero-order valence-corrected chi connectivity index (χ0v) is 17.3. The van der Waals surface area contributed by atoms with Crippen molar-refractivity contribution < 1.29 is 9.53 Å². The predicted molar refractivity (Wildman–Crippen MR) is 113 cm³/mol. The molecule has 1 aliphatic heterocycles. The number of hydrogen-bond donors (Lipinski definition) is 2. The minimum absolute atomic E-state index is 0.0262. The van der Waals surface area contributed by atoms with Crippen LogP contribution in [0.2, 0.25) is 0 Å². The van der Waals surface area contributed by atoms with Crippen LogP contribution in [0, 0.1) is 11.3 Å². The standard InChI is InChI=1S/C22H26N6O2/c1-14(15-9-16(30-2)11-23-10-15)27-21(29)18-4-8-28(12-22(18)5-6-22)20-17-3-7-24-19(17)25-13-26-20/h3,7,9-11,13-14,18H,4-6,8,12H2,1-2H3,(H,27,29)(H,24,25,26)/t14-,18?/m1/s1. The minimum Gasteiger partial charge on any atom is -0.495 e. The van der Waals surface area contributed by atoms with Crippen molar-refractivity contribution >= 4 is 22.8 Å². The van der Waals surface area contributed by atoms with E-state index in [2.05, 4.69) is 30.2 Å². The van der Waals surface area contributed by atoms with Crippen molar-refractivity contribution in [2.24, 2.45) is 11.3 Å². The molecule has 0 radical (unpaired) electrons. The maximum atomic E-state index is 13.2. The molecule has 1 saturated carbocycles. The van der Waals surface area contributed by atoms with Gasteiger partial charge in [0.25, 0.3) is 0 Å². The normalized spacial score (nSPS) is 20.9. The maximum Gasteiger partial charge on any atom is 0.224 e. The lowest BCUT2D eigenvalue weighted by molar-refractivity contribution is -0.128. The third kappa shape index (κ3) is 3.26. The van der Waals surface area contributed by atoms with Gasteiger partial charge >= 0.3 is 0 Å². The number of rotatable bonds is 5. The summed E-state index contributed by atoms with van der Waals surface area (Å²) in [7, 11) is 1.62. The summed E-state index contributed by atoms with van der Waals surface area (Å²) >= 11 is 0. The number of carbonyl (C=O) groups excluding carboxylic acids is 1. The number of piperidine rings is 1. The van der Waals surface area contributed by atoms with Crippen molar-refractivity contribution in [2.45, 2.75) is 32.2 Å². The third-order valence-electron chi connectivity index (χ3n) is 6.60. The number of H-pyrrole nitrogens is 1. The molecule has 3 aromatic heterocycles. The fourth-order valence-electron chi connectivity index (χ4n) is 4.71. The van der Waals surface area contributed by atoms with Gasteiger partial charge in [0.15, 0.2) is 0 Å². The van der Waals surface area contributed by atoms with E-state index in [4.69, 9.17) is 4.74 Å². The van der Waals surface area contributed by atoms with E-state index in [1.165, 1.54) is 0 Å². The smallest absolute Gasteiger partial charge is 0.224 e. The molecule has 1 spiro atoms. The topological polar surface area (TPSA) is 96.0 Å². The second-order valence-corrected chi connectivity index (χ2v) is 8.45. The van der Waals surface area contributed by atoms with Crippen molar-refractivity contribution in [1.29, 1.82) is 0 Å². The van der Waals surface area contributed by atoms with Gasteiger partial charge in [-0.05, 0) is 49.3 Å². The Morgan fingerprint density at radius 2 is 2.23 bits per heavy atom. The van der Waals surface area contributed by atoms with Crippen LogP contribution in [0.3, 0.4) is 0 Å². The fraction of sp³-hybridized carbons (Fsp3) is 0.455. The van der Waals surface area contributed by atoms with E-state index < -0.39 is 0 Å². The lowest BCUT2D eigenvalue weighted by Gasteiger charge is -2.39. The van der Waals surface area contributed by atoms with Crippen LogP contribution < -0.4 is 15.0 Å². The van der Waals surface area contributed by atoms with Gasteiger partial charge in [0, 0.05) is 31.4 Å². The first kappa shape index (κ1) is 18.8. The summed E-state index contributed by atoms with van der Waals surface area (Å²) in [5.74, 6) is 1.82. The van der Waals surface area contributed by atoms with E-state index >= 15 is 0 Å². The summed E-state index contributed by atoms with van der Waals surface area (Å²) in [5.41, 5.74) is 1.84.